The van der Waals surface area contributed by atoms with Crippen LogP contribution in [0.3, 0.4) is 0 Å². The Hall–Kier alpha value is -8.97. The number of aromatic nitrogens is 5. The van der Waals surface area contributed by atoms with Gasteiger partial charge in [-0.3, -0.25) is 0 Å². The molecule has 0 unspecified atom stereocenters. The van der Waals surface area contributed by atoms with E-state index >= 15 is 0 Å². The van der Waals surface area contributed by atoms with E-state index in [0.29, 0.717) is 22.8 Å². The van der Waals surface area contributed by atoms with E-state index in [2.05, 4.69) is 173 Å². The largest absolute Gasteiger partial charge is 0.309 e. The monoisotopic (exact) mass is 902 g/mol. The third-order valence-electron chi connectivity index (χ3n) is 13.2. The van der Waals surface area contributed by atoms with Crippen molar-refractivity contribution in [3.63, 3.8) is 0 Å². The van der Waals surface area contributed by atoms with Crippen LogP contribution in [-0.4, -0.2) is 24.1 Å². The molecule has 14 rings (SSSR count). The van der Waals surface area contributed by atoms with E-state index in [9.17, 15) is 0 Å². The van der Waals surface area contributed by atoms with Gasteiger partial charge < -0.3 is 9.13 Å². The molecule has 0 saturated heterocycles. The quantitative estimate of drug-likeness (QED) is 0.160. The van der Waals surface area contributed by atoms with Crippen LogP contribution in [0.5, 0.6) is 0 Å². The van der Waals surface area contributed by atoms with Gasteiger partial charge in [0.15, 0.2) is 17.5 Å². The first kappa shape index (κ1) is 34.4. The van der Waals surface area contributed by atoms with Crippen LogP contribution < -0.4 is 0 Å². The Balaban J connectivity index is 1.10. The van der Waals surface area contributed by atoms with Crippen molar-refractivity contribution in [2.45, 2.75) is 0 Å². The minimum atomic E-state index is -0.487. The highest BCUT2D eigenvalue weighted by Gasteiger charge is 2.24. The van der Waals surface area contributed by atoms with Crippen molar-refractivity contribution in [1.29, 1.82) is 0 Å². The van der Waals surface area contributed by atoms with Crippen molar-refractivity contribution in [3.8, 4) is 67.8 Å². The average Bonchev–Trinajstić information content (AvgIpc) is 4.18. The second-order valence-corrected chi connectivity index (χ2v) is 18.2. The molecular formula is C63H39N5S. The summed E-state index contributed by atoms with van der Waals surface area (Å²) in [5, 5.41) is 6.59. The lowest BCUT2D eigenvalue weighted by Crippen LogP contribution is -2.01. The van der Waals surface area contributed by atoms with Crippen LogP contribution in [0.25, 0.3) is 132 Å². The van der Waals surface area contributed by atoms with E-state index in [-0.39, 0.29) is 23.5 Å². The zero-order chi connectivity index (χ0) is 49.8. The first-order valence-corrected chi connectivity index (χ1v) is 23.7. The van der Waals surface area contributed by atoms with Crippen LogP contribution in [0.2, 0.25) is 0 Å². The van der Waals surface area contributed by atoms with Crippen molar-refractivity contribution in [3.05, 3.63) is 236 Å². The van der Waals surface area contributed by atoms with Crippen molar-refractivity contribution < 1.29 is 6.85 Å². The lowest BCUT2D eigenvalue weighted by Gasteiger charge is -2.13. The second kappa shape index (κ2) is 15.8. The van der Waals surface area contributed by atoms with Gasteiger partial charge in [0, 0.05) is 69.8 Å². The molecule has 10 aromatic carbocycles. The summed E-state index contributed by atoms with van der Waals surface area (Å²) in [5.41, 5.74) is 11.9. The van der Waals surface area contributed by atoms with Crippen molar-refractivity contribution in [1.82, 2.24) is 24.1 Å². The SMILES string of the molecule is [2H]c1c([2H])c([2H])c(-c2nc(-c3ccccc3)nc(-c3cc(-n4c5ccccc5c5c4ccc4c6ccccc6n(-c6ccccc6)c45)cc4c3sc3c(-c5cccc(-c6ccccc6)c5)cccc34)n2)c([2H])c1[2H]. The number of thiophene rings is 1. The maximum Gasteiger partial charge on any atom is 0.165 e. The summed E-state index contributed by atoms with van der Waals surface area (Å²) in [6.07, 6.45) is 0. The molecule has 0 aliphatic carbocycles. The Morgan fingerprint density at radius 2 is 0.942 bits per heavy atom. The molecular weight excluding hydrogens is 859 g/mol. The van der Waals surface area contributed by atoms with Crippen molar-refractivity contribution in [2.75, 3.05) is 0 Å². The van der Waals surface area contributed by atoms with E-state index in [1.807, 2.05) is 42.5 Å². The summed E-state index contributed by atoms with van der Waals surface area (Å²) >= 11 is 1.67. The molecule has 0 aliphatic rings. The van der Waals surface area contributed by atoms with Crippen LogP contribution in [0.4, 0.5) is 0 Å². The van der Waals surface area contributed by atoms with E-state index in [0.717, 1.165) is 92.0 Å². The Morgan fingerprint density at radius 3 is 1.72 bits per heavy atom. The van der Waals surface area contributed by atoms with Gasteiger partial charge in [0.1, 0.15) is 0 Å². The van der Waals surface area contributed by atoms with Gasteiger partial charge in [-0.25, -0.2) is 15.0 Å². The number of nitrogens with zero attached hydrogens (tertiary/aromatic N) is 5. The Bertz CT molecular complexity index is 4580. The molecule has 0 amide bonds. The van der Waals surface area contributed by atoms with Gasteiger partial charge in [-0.15, -0.1) is 11.3 Å². The second-order valence-electron chi connectivity index (χ2n) is 17.2. The summed E-state index contributed by atoms with van der Waals surface area (Å²) in [5.74, 6) is 0.597. The van der Waals surface area contributed by atoms with Gasteiger partial charge in [0.05, 0.1) is 28.9 Å². The average molecular weight is 903 g/mol. The van der Waals surface area contributed by atoms with E-state index < -0.39 is 18.1 Å². The maximum atomic E-state index is 9.07. The van der Waals surface area contributed by atoms with Crippen molar-refractivity contribution in [2.24, 2.45) is 0 Å². The van der Waals surface area contributed by atoms with Crippen LogP contribution in [-0.2, 0) is 0 Å². The first-order valence-electron chi connectivity index (χ1n) is 25.4. The van der Waals surface area contributed by atoms with E-state index in [1.165, 1.54) is 5.39 Å². The van der Waals surface area contributed by atoms with Crippen LogP contribution in [0, 0.1) is 0 Å². The molecule has 4 aromatic heterocycles. The number of hydrogen-bond acceptors (Lipinski definition) is 4. The molecule has 0 aliphatic heterocycles. The number of rotatable bonds is 7. The Morgan fingerprint density at radius 1 is 0.348 bits per heavy atom. The van der Waals surface area contributed by atoms with Crippen LogP contribution >= 0.6 is 11.3 Å². The molecule has 4 heterocycles. The molecule has 69 heavy (non-hydrogen) atoms. The minimum absolute atomic E-state index is 0.0167. The highest BCUT2D eigenvalue weighted by atomic mass is 32.1. The maximum absolute atomic E-state index is 9.07. The zero-order valence-electron chi connectivity index (χ0n) is 41.8. The van der Waals surface area contributed by atoms with Crippen molar-refractivity contribution >= 4 is 75.1 Å². The van der Waals surface area contributed by atoms with Crippen LogP contribution in [0.15, 0.2) is 236 Å². The smallest absolute Gasteiger partial charge is 0.165 e. The number of para-hydroxylation sites is 3. The fourth-order valence-electron chi connectivity index (χ4n) is 10.2. The predicted octanol–water partition coefficient (Wildman–Crippen LogP) is 16.8. The predicted molar refractivity (Wildman–Crippen MR) is 289 cm³/mol. The molecule has 0 bridgehead atoms. The third-order valence-corrected chi connectivity index (χ3v) is 14.5. The summed E-state index contributed by atoms with van der Waals surface area (Å²) in [6, 6.07) is 69.5. The van der Waals surface area contributed by atoms with Gasteiger partial charge in [0.25, 0.3) is 0 Å². The highest BCUT2D eigenvalue weighted by molar-refractivity contribution is 7.26. The molecule has 0 N–H and O–H groups in total. The molecule has 0 atom stereocenters. The number of fused-ring (bicyclic) bond motifs is 10. The summed E-state index contributed by atoms with van der Waals surface area (Å²) in [4.78, 5) is 15.3. The first-order chi connectivity index (χ1) is 36.3. The molecule has 322 valence electrons. The summed E-state index contributed by atoms with van der Waals surface area (Å²) < 4.78 is 50.6. The van der Waals surface area contributed by atoms with Crippen LogP contribution in [0.1, 0.15) is 6.85 Å². The molecule has 0 fully saturated rings. The summed E-state index contributed by atoms with van der Waals surface area (Å²) in [6.45, 7) is 0. The highest BCUT2D eigenvalue weighted by Crippen LogP contribution is 2.47. The molecule has 0 saturated carbocycles. The van der Waals surface area contributed by atoms with Gasteiger partial charge in [-0.2, -0.15) is 0 Å². The Kier molecular flexibility index (Phi) is 7.89. The van der Waals surface area contributed by atoms with Gasteiger partial charge in [-0.05, 0) is 70.8 Å². The van der Waals surface area contributed by atoms with E-state index in [1.54, 1.807) is 11.3 Å². The van der Waals surface area contributed by atoms with E-state index in [4.69, 9.17) is 21.8 Å². The molecule has 5 nitrogen and oxygen atoms in total. The van der Waals surface area contributed by atoms with Gasteiger partial charge >= 0.3 is 0 Å². The van der Waals surface area contributed by atoms with Gasteiger partial charge in [0.2, 0.25) is 0 Å². The lowest BCUT2D eigenvalue weighted by atomic mass is 9.97. The molecule has 0 radical (unpaired) electrons. The fraction of sp³-hybridized carbons (Fsp3) is 0. The normalized spacial score (nSPS) is 12.8. The minimum Gasteiger partial charge on any atom is -0.309 e. The Labute approximate surface area is 408 Å². The molecule has 0 spiro atoms. The fourth-order valence-corrected chi connectivity index (χ4v) is 11.5. The summed E-state index contributed by atoms with van der Waals surface area (Å²) in [7, 11) is 0. The lowest BCUT2D eigenvalue weighted by molar-refractivity contribution is 1.07. The third kappa shape index (κ3) is 6.34. The van der Waals surface area contributed by atoms with Gasteiger partial charge in [-0.1, -0.05) is 188 Å². The molecule has 6 heteroatoms. The molecule has 14 aromatic rings. The zero-order valence-corrected chi connectivity index (χ0v) is 37.6. The standard InChI is InChI=1S/C63H39N5S/c1-5-19-40(20-6-1)43-25-17-26-44(37-43)47-31-18-32-50-52-38-46(39-53(60(52)69-59(47)50)63-65-61(41-21-7-2-8-22-41)64-62(66-63)42-23-9-3-10-24-42)67-55-34-16-14-30-51(55)57-56(67)36-35-49-48-29-13-15-33-54(48)68(58(49)57)45-27-11-4-12-28-45/h1-39H/i2D,7D,8D,21D,22D. The topological polar surface area (TPSA) is 48.5 Å². The number of benzene rings is 10. The number of hydrogen-bond donors (Lipinski definition) is 0.